The average molecular weight is 438 g/mol. The van der Waals surface area contributed by atoms with E-state index < -0.39 is 16.1 Å². The molecule has 8 heteroatoms. The van der Waals surface area contributed by atoms with Crippen LogP contribution in [-0.2, 0) is 19.1 Å². The summed E-state index contributed by atoms with van der Waals surface area (Å²) in [4.78, 5) is 11.4. The van der Waals surface area contributed by atoms with Crippen molar-refractivity contribution in [3.05, 3.63) is 12.2 Å². The SMILES string of the molecule is CCCCCCCC/C=C\CCCCCCCC(=O)OS(=O)(=O)CCN.[H-].[H-].[Na+].[Na+]. The van der Waals surface area contributed by atoms with E-state index in [1.807, 2.05) is 0 Å². The molecule has 0 aliphatic heterocycles. The van der Waals surface area contributed by atoms with E-state index in [0.717, 1.165) is 25.7 Å². The number of hydrogen-bond donors (Lipinski definition) is 1. The topological polar surface area (TPSA) is 86.5 Å². The van der Waals surface area contributed by atoms with E-state index in [-0.39, 0.29) is 80.7 Å². The Morgan fingerprint density at radius 2 is 1.32 bits per heavy atom. The molecule has 28 heavy (non-hydrogen) atoms. The van der Waals surface area contributed by atoms with Crippen LogP contribution in [0.1, 0.15) is 99.7 Å². The van der Waals surface area contributed by atoms with E-state index in [1.165, 1.54) is 51.4 Å². The number of allylic oxidation sites excluding steroid dienone is 2. The molecule has 0 saturated carbocycles. The maximum absolute atomic E-state index is 11.4. The molecule has 2 N–H and O–H groups in total. The fourth-order valence-electron chi connectivity index (χ4n) is 2.71. The van der Waals surface area contributed by atoms with Gasteiger partial charge in [0.2, 0.25) is 0 Å². The summed E-state index contributed by atoms with van der Waals surface area (Å²) in [5, 5.41) is 0. The number of carbonyl (C=O) groups is 1. The zero-order valence-corrected chi connectivity index (χ0v) is 23.4. The van der Waals surface area contributed by atoms with Gasteiger partial charge in [-0.3, -0.25) is 4.79 Å². The molecule has 0 aromatic carbocycles. The van der Waals surface area contributed by atoms with Crippen LogP contribution in [0.2, 0.25) is 0 Å². The van der Waals surface area contributed by atoms with E-state index >= 15 is 0 Å². The third-order valence-corrected chi connectivity index (χ3v) is 5.41. The van der Waals surface area contributed by atoms with Crippen LogP contribution in [0.3, 0.4) is 0 Å². The maximum Gasteiger partial charge on any atom is 1.00 e. The van der Waals surface area contributed by atoms with Gasteiger partial charge in [0.05, 0.1) is 5.75 Å². The summed E-state index contributed by atoms with van der Waals surface area (Å²) in [6.45, 7) is 2.21. The third-order valence-electron chi connectivity index (χ3n) is 4.23. The second kappa shape index (κ2) is 24.4. The Balaban J connectivity index is -0.000000521. The molecule has 0 saturated heterocycles. The Kier molecular flexibility index (Phi) is 29.4. The number of unbranched alkanes of at least 4 members (excludes halogenated alkanes) is 11. The third kappa shape index (κ3) is 25.2. The van der Waals surface area contributed by atoms with Crippen LogP contribution in [0.5, 0.6) is 0 Å². The van der Waals surface area contributed by atoms with Crippen molar-refractivity contribution in [2.75, 3.05) is 12.3 Å². The number of nitrogens with two attached hydrogens (primary N) is 1. The molecule has 0 fully saturated rings. The van der Waals surface area contributed by atoms with Crippen LogP contribution in [0.4, 0.5) is 0 Å². The van der Waals surface area contributed by atoms with E-state index in [0.29, 0.717) is 6.42 Å². The largest absolute Gasteiger partial charge is 1.00 e. The van der Waals surface area contributed by atoms with Gasteiger partial charge in [-0.1, -0.05) is 70.4 Å². The monoisotopic (exact) mass is 437 g/mol. The standard InChI is InChI=1S/C20H39NO4S.2Na.2H/c1-2-3-4-5-6-7-8-9-10-11-12-13-14-15-16-17-20(22)25-26(23,24)19-18-21;;;;/h9-10H,2-8,11-19,21H2,1H3;;;;/q;2*+1;2*-1/b10-9-;;;;. The molecule has 0 atom stereocenters. The molecule has 0 aliphatic carbocycles. The minimum atomic E-state index is -3.78. The normalized spacial score (nSPS) is 11.1. The van der Waals surface area contributed by atoms with Gasteiger partial charge in [-0.2, -0.15) is 8.42 Å². The van der Waals surface area contributed by atoms with Gasteiger partial charge in [-0.25, -0.2) is 0 Å². The van der Waals surface area contributed by atoms with Gasteiger partial charge in [0.15, 0.2) is 0 Å². The van der Waals surface area contributed by atoms with Crippen LogP contribution in [0, 0.1) is 0 Å². The van der Waals surface area contributed by atoms with Gasteiger partial charge >= 0.3 is 75.2 Å². The van der Waals surface area contributed by atoms with Crippen LogP contribution in [0.15, 0.2) is 12.2 Å². The summed E-state index contributed by atoms with van der Waals surface area (Å²) in [6.07, 6.45) is 20.1. The van der Waals surface area contributed by atoms with Crippen molar-refractivity contribution in [3.63, 3.8) is 0 Å². The second-order valence-corrected chi connectivity index (χ2v) is 8.53. The zero-order valence-electron chi connectivity index (χ0n) is 20.6. The van der Waals surface area contributed by atoms with Crippen LogP contribution >= 0.6 is 0 Å². The van der Waals surface area contributed by atoms with Gasteiger partial charge in [-0.05, 0) is 32.1 Å². The summed E-state index contributed by atoms with van der Waals surface area (Å²) < 4.78 is 27.0. The first kappa shape index (κ1) is 33.8. The first-order chi connectivity index (χ1) is 12.5. The quantitative estimate of drug-likeness (QED) is 0.130. The fourth-order valence-corrected chi connectivity index (χ4v) is 3.45. The molecular weight excluding hydrogens is 396 g/mol. The van der Waals surface area contributed by atoms with Gasteiger partial charge in [0.25, 0.3) is 0 Å². The van der Waals surface area contributed by atoms with Gasteiger partial charge < -0.3 is 12.8 Å². The van der Waals surface area contributed by atoms with Crippen molar-refractivity contribution in [1.82, 2.24) is 0 Å². The molecule has 0 aromatic heterocycles. The predicted molar refractivity (Wildman–Crippen MR) is 111 cm³/mol. The molecule has 0 rings (SSSR count). The molecule has 0 bridgehead atoms. The summed E-state index contributed by atoms with van der Waals surface area (Å²) in [6, 6.07) is 0. The maximum atomic E-state index is 11.4. The summed E-state index contributed by atoms with van der Waals surface area (Å²) in [5.41, 5.74) is 5.15. The molecule has 0 aromatic rings. The van der Waals surface area contributed by atoms with Crippen LogP contribution < -0.4 is 64.8 Å². The molecular formula is C20H41NNa2O4S. The van der Waals surface area contributed by atoms with Crippen LogP contribution in [0.25, 0.3) is 0 Å². The molecule has 0 unspecified atom stereocenters. The molecule has 0 aliphatic rings. The summed E-state index contributed by atoms with van der Waals surface area (Å²) in [7, 11) is -3.78. The van der Waals surface area contributed by atoms with Crippen molar-refractivity contribution in [3.8, 4) is 0 Å². The van der Waals surface area contributed by atoms with Crippen molar-refractivity contribution >= 4 is 16.1 Å². The van der Waals surface area contributed by atoms with Crippen LogP contribution in [-0.4, -0.2) is 26.7 Å². The molecule has 0 radical (unpaired) electrons. The van der Waals surface area contributed by atoms with E-state index in [4.69, 9.17) is 5.73 Å². The number of carbonyl (C=O) groups excluding carboxylic acids is 1. The Morgan fingerprint density at radius 1 is 0.857 bits per heavy atom. The molecule has 158 valence electrons. The Hall–Kier alpha value is 1.12. The van der Waals surface area contributed by atoms with E-state index in [9.17, 15) is 13.2 Å². The minimum Gasteiger partial charge on any atom is -1.00 e. The fraction of sp³-hybridized carbons (Fsp3) is 0.850. The van der Waals surface area contributed by atoms with Gasteiger partial charge in [-0.15, -0.1) is 0 Å². The number of hydrogen-bond acceptors (Lipinski definition) is 5. The minimum absolute atomic E-state index is 0. The summed E-state index contributed by atoms with van der Waals surface area (Å²) in [5.74, 6) is -0.985. The molecule has 5 nitrogen and oxygen atoms in total. The van der Waals surface area contributed by atoms with Crippen molar-refractivity contribution in [2.45, 2.75) is 96.8 Å². The first-order valence-electron chi connectivity index (χ1n) is 10.3. The van der Waals surface area contributed by atoms with Crippen molar-refractivity contribution < 1.29 is 79.4 Å². The molecule has 0 heterocycles. The van der Waals surface area contributed by atoms with Crippen molar-refractivity contribution in [2.24, 2.45) is 5.73 Å². The van der Waals surface area contributed by atoms with E-state index in [1.54, 1.807) is 0 Å². The predicted octanol–water partition coefficient (Wildman–Crippen LogP) is -0.911. The molecule has 0 amide bonds. The first-order valence-corrected chi connectivity index (χ1v) is 11.9. The second-order valence-electron chi connectivity index (χ2n) is 6.84. The summed E-state index contributed by atoms with van der Waals surface area (Å²) >= 11 is 0. The Morgan fingerprint density at radius 3 is 1.82 bits per heavy atom. The zero-order chi connectivity index (χ0) is 19.5. The van der Waals surface area contributed by atoms with E-state index in [2.05, 4.69) is 23.3 Å². The Bertz CT molecular complexity index is 481. The average Bonchev–Trinajstić information content (AvgIpc) is 2.57. The number of rotatable bonds is 18. The smallest absolute Gasteiger partial charge is 1.00 e. The van der Waals surface area contributed by atoms with Gasteiger partial charge in [0, 0.05) is 13.0 Å². The van der Waals surface area contributed by atoms with Crippen molar-refractivity contribution in [1.29, 1.82) is 0 Å². The Labute approximate surface area is 220 Å². The molecule has 0 spiro atoms. The van der Waals surface area contributed by atoms with Gasteiger partial charge in [0.1, 0.15) is 0 Å².